The van der Waals surface area contributed by atoms with Crippen molar-refractivity contribution in [3.05, 3.63) is 86.9 Å². The monoisotopic (exact) mass is 545 g/mol. The Morgan fingerprint density at radius 1 is 0.909 bits per heavy atom. The molecule has 2 amide bonds. The van der Waals surface area contributed by atoms with Gasteiger partial charge in [0.25, 0.3) is 5.91 Å². The average Bonchev–Trinajstić information content (AvgIpc) is 3.32. The lowest BCUT2D eigenvalue weighted by Crippen LogP contribution is -2.18. The molecule has 1 saturated carbocycles. The average molecular weight is 548 g/mol. The van der Waals surface area contributed by atoms with Crippen LogP contribution in [0.3, 0.4) is 0 Å². The molecule has 1 heterocycles. The Morgan fingerprint density at radius 2 is 1.58 bits per heavy atom. The summed E-state index contributed by atoms with van der Waals surface area (Å²) in [4.78, 5) is 29.0. The summed E-state index contributed by atoms with van der Waals surface area (Å²) in [7, 11) is 0. The van der Waals surface area contributed by atoms with Gasteiger partial charge in [-0.15, -0.1) is 23.2 Å². The molecule has 0 saturated heterocycles. The second-order valence-corrected chi connectivity index (χ2v) is 10.1. The Kier molecular flexibility index (Phi) is 6.76. The number of amides is 2. The maximum absolute atomic E-state index is 13.0. The van der Waals surface area contributed by atoms with E-state index in [4.69, 9.17) is 58.0 Å². The number of rotatable bonds is 5. The van der Waals surface area contributed by atoms with E-state index in [0.29, 0.717) is 21.3 Å². The highest BCUT2D eigenvalue weighted by molar-refractivity contribution is 6.53. The minimum Gasteiger partial charge on any atom is -0.326 e. The number of benzene rings is 2. The van der Waals surface area contributed by atoms with Crippen molar-refractivity contribution in [1.29, 1.82) is 0 Å². The third-order valence-electron chi connectivity index (χ3n) is 5.04. The molecule has 1 fully saturated rings. The lowest BCUT2D eigenvalue weighted by atomic mass is 10.1. The fourth-order valence-electron chi connectivity index (χ4n) is 3.47. The maximum Gasteiger partial charge on any atom is 0.257 e. The zero-order chi connectivity index (χ0) is 23.9. The highest BCUT2D eigenvalue weighted by Gasteiger charge is 2.67. The zero-order valence-corrected chi connectivity index (χ0v) is 20.2. The summed E-state index contributed by atoms with van der Waals surface area (Å²) in [5.74, 6) is -2.97. The number of carbonyl (C=O) groups is 2. The second-order valence-electron chi connectivity index (χ2n) is 7.34. The molecule has 0 bridgehead atoms. The van der Waals surface area contributed by atoms with E-state index in [1.54, 1.807) is 18.2 Å². The number of aromatic nitrogens is 1. The fourth-order valence-corrected chi connectivity index (χ4v) is 5.04. The van der Waals surface area contributed by atoms with Gasteiger partial charge in [-0.05, 0) is 54.1 Å². The molecule has 2 atom stereocenters. The number of anilines is 2. The number of nitrogens with zero attached hydrogens (tertiary/aromatic N) is 1. The number of alkyl halides is 2. The number of halogens is 6. The lowest BCUT2D eigenvalue weighted by molar-refractivity contribution is -0.117. The van der Waals surface area contributed by atoms with Crippen molar-refractivity contribution in [3.63, 3.8) is 0 Å². The number of nitrogens with one attached hydrogen (secondary N) is 2. The predicted molar refractivity (Wildman–Crippen MR) is 129 cm³/mol. The molecule has 3 aromatic rings. The Labute approximate surface area is 213 Å². The molecule has 1 aromatic heterocycles. The Balaban J connectivity index is 1.50. The SMILES string of the molecule is O=C(Nc1ccc(F)nc1)c1cc(NC(=O)[C@H]2[C@H](c3cc(Cl)cc(Cl)c3)C2(Cl)Cl)ccc1Cl. The van der Waals surface area contributed by atoms with E-state index in [1.807, 2.05) is 0 Å². The predicted octanol–water partition coefficient (Wildman–Crippen LogP) is 6.96. The van der Waals surface area contributed by atoms with Crippen LogP contribution in [0.1, 0.15) is 21.8 Å². The van der Waals surface area contributed by atoms with Gasteiger partial charge >= 0.3 is 0 Å². The highest BCUT2D eigenvalue weighted by atomic mass is 35.5. The van der Waals surface area contributed by atoms with Gasteiger partial charge in [0.05, 0.1) is 28.4 Å². The van der Waals surface area contributed by atoms with Crippen LogP contribution < -0.4 is 10.6 Å². The van der Waals surface area contributed by atoms with Gasteiger partial charge in [0.15, 0.2) is 0 Å². The van der Waals surface area contributed by atoms with Crippen molar-refractivity contribution in [2.24, 2.45) is 5.92 Å². The molecule has 0 spiro atoms. The van der Waals surface area contributed by atoms with Gasteiger partial charge in [0, 0.05) is 21.7 Å². The van der Waals surface area contributed by atoms with Crippen molar-refractivity contribution in [2.75, 3.05) is 10.6 Å². The maximum atomic E-state index is 13.0. The zero-order valence-electron chi connectivity index (χ0n) is 16.4. The van der Waals surface area contributed by atoms with Crippen LogP contribution in [0, 0.1) is 11.9 Å². The first-order chi connectivity index (χ1) is 15.6. The molecule has 33 heavy (non-hydrogen) atoms. The van der Waals surface area contributed by atoms with Crippen molar-refractivity contribution < 1.29 is 14.0 Å². The van der Waals surface area contributed by atoms with E-state index < -0.39 is 33.9 Å². The first-order valence-corrected chi connectivity index (χ1v) is 11.3. The minimum atomic E-state index is -1.35. The van der Waals surface area contributed by atoms with Crippen LogP contribution in [0.2, 0.25) is 15.1 Å². The molecule has 0 radical (unpaired) electrons. The summed E-state index contributed by atoms with van der Waals surface area (Å²) >= 11 is 31.0. The summed E-state index contributed by atoms with van der Waals surface area (Å²) in [6.45, 7) is 0. The fraction of sp³-hybridized carbons (Fsp3) is 0.136. The summed E-state index contributed by atoms with van der Waals surface area (Å²) in [6, 6.07) is 11.7. The molecule has 0 unspecified atom stereocenters. The molecule has 2 N–H and O–H groups in total. The van der Waals surface area contributed by atoms with Crippen LogP contribution in [-0.2, 0) is 4.79 Å². The summed E-state index contributed by atoms with van der Waals surface area (Å²) in [5.41, 5.74) is 1.32. The molecule has 5 nitrogen and oxygen atoms in total. The van der Waals surface area contributed by atoms with Gasteiger partial charge in [-0.25, -0.2) is 4.98 Å². The van der Waals surface area contributed by atoms with Gasteiger partial charge in [-0.1, -0.05) is 34.8 Å². The summed E-state index contributed by atoms with van der Waals surface area (Å²) in [5, 5.41) is 6.23. The lowest BCUT2D eigenvalue weighted by Gasteiger charge is -2.10. The first kappa shape index (κ1) is 24.0. The van der Waals surface area contributed by atoms with E-state index in [2.05, 4.69) is 15.6 Å². The molecule has 11 heteroatoms. The van der Waals surface area contributed by atoms with Gasteiger partial charge in [-0.3, -0.25) is 9.59 Å². The van der Waals surface area contributed by atoms with Gasteiger partial charge < -0.3 is 10.6 Å². The van der Waals surface area contributed by atoms with Crippen molar-refractivity contribution >= 4 is 81.2 Å². The highest BCUT2D eigenvalue weighted by Crippen LogP contribution is 2.65. The molecular weight excluding hydrogens is 535 g/mol. The van der Waals surface area contributed by atoms with Gasteiger partial charge in [-0.2, -0.15) is 4.39 Å². The Bertz CT molecular complexity index is 1230. The van der Waals surface area contributed by atoms with Crippen molar-refractivity contribution in [3.8, 4) is 0 Å². The Morgan fingerprint density at radius 3 is 2.21 bits per heavy atom. The summed E-state index contributed by atoms with van der Waals surface area (Å²) in [6.07, 6.45) is 1.17. The smallest absolute Gasteiger partial charge is 0.257 e. The Hall–Kier alpha value is -2.09. The van der Waals surface area contributed by atoms with Crippen LogP contribution in [0.15, 0.2) is 54.7 Å². The van der Waals surface area contributed by atoms with Crippen molar-refractivity contribution in [1.82, 2.24) is 4.98 Å². The van der Waals surface area contributed by atoms with Crippen molar-refractivity contribution in [2.45, 2.75) is 10.3 Å². The largest absolute Gasteiger partial charge is 0.326 e. The third-order valence-corrected chi connectivity index (χ3v) is 6.75. The molecule has 170 valence electrons. The molecule has 2 aromatic carbocycles. The number of hydrogen-bond acceptors (Lipinski definition) is 3. The van der Waals surface area contributed by atoms with E-state index in [0.717, 1.165) is 6.07 Å². The quantitative estimate of drug-likeness (QED) is 0.268. The molecule has 1 aliphatic rings. The molecule has 1 aliphatic carbocycles. The number of pyridine rings is 1. The van der Waals surface area contributed by atoms with Gasteiger partial charge in [0.2, 0.25) is 11.9 Å². The number of carbonyl (C=O) groups excluding carboxylic acids is 2. The molecular formula is C22H13Cl5FN3O2. The third kappa shape index (κ3) is 5.20. The topological polar surface area (TPSA) is 71.1 Å². The minimum absolute atomic E-state index is 0.0933. The van der Waals surface area contributed by atoms with Crippen LogP contribution in [0.4, 0.5) is 15.8 Å². The molecule has 4 rings (SSSR count). The molecule has 0 aliphatic heterocycles. The van der Waals surface area contributed by atoms with Crippen LogP contribution in [0.5, 0.6) is 0 Å². The second kappa shape index (κ2) is 9.28. The normalized spacial score (nSPS) is 18.5. The standard InChI is InChI=1S/C22H13Cl5FN3O2/c23-11-5-10(6-12(24)7-11)18-19(22(18,26)27)21(33)30-13-1-3-16(25)15(8-13)20(32)31-14-2-4-17(28)29-9-14/h1-9,18-19H,(H,30,33)(H,31,32)/t18-,19+/m0/s1. The van der Waals surface area contributed by atoms with Crippen LogP contribution >= 0.6 is 58.0 Å². The van der Waals surface area contributed by atoms with Gasteiger partial charge in [0.1, 0.15) is 4.33 Å². The first-order valence-electron chi connectivity index (χ1n) is 9.43. The van der Waals surface area contributed by atoms with E-state index in [-0.39, 0.29) is 16.3 Å². The van der Waals surface area contributed by atoms with Crippen LogP contribution in [-0.4, -0.2) is 21.1 Å². The summed E-state index contributed by atoms with van der Waals surface area (Å²) < 4.78 is 11.6. The van der Waals surface area contributed by atoms with E-state index in [9.17, 15) is 14.0 Å². The number of hydrogen-bond donors (Lipinski definition) is 2. The van der Waals surface area contributed by atoms with E-state index in [1.165, 1.54) is 30.5 Å². The van der Waals surface area contributed by atoms with E-state index >= 15 is 0 Å². The van der Waals surface area contributed by atoms with Crippen LogP contribution in [0.25, 0.3) is 0 Å².